The van der Waals surface area contributed by atoms with Gasteiger partial charge >= 0.3 is 0 Å². The maximum absolute atomic E-state index is 13.2. The smallest absolute Gasteiger partial charge is 0.128 e. The van der Waals surface area contributed by atoms with Gasteiger partial charge in [-0.05, 0) is 37.8 Å². The molecule has 0 spiro atoms. The van der Waals surface area contributed by atoms with Gasteiger partial charge in [0.15, 0.2) is 0 Å². The van der Waals surface area contributed by atoms with Gasteiger partial charge in [-0.2, -0.15) is 0 Å². The lowest BCUT2D eigenvalue weighted by atomic mass is 9.85. The van der Waals surface area contributed by atoms with Crippen molar-refractivity contribution in [2.45, 2.75) is 51.7 Å². The van der Waals surface area contributed by atoms with E-state index in [1.54, 1.807) is 6.07 Å². The molecule has 1 aromatic carbocycles. The second-order valence-electron chi connectivity index (χ2n) is 5.89. The van der Waals surface area contributed by atoms with Gasteiger partial charge in [0.05, 0.1) is 6.10 Å². The van der Waals surface area contributed by atoms with E-state index in [9.17, 15) is 9.50 Å². The fourth-order valence-corrected chi connectivity index (χ4v) is 2.45. The molecule has 0 amide bonds. The van der Waals surface area contributed by atoms with E-state index in [1.165, 1.54) is 12.1 Å². The summed E-state index contributed by atoms with van der Waals surface area (Å²) in [5.74, 6) is 0.755. The minimum Gasteiger partial charge on any atom is -0.487 e. The van der Waals surface area contributed by atoms with E-state index in [1.807, 2.05) is 6.92 Å². The third-order valence-corrected chi connectivity index (χ3v) is 3.57. The van der Waals surface area contributed by atoms with Crippen LogP contribution in [-0.2, 0) is 0 Å². The van der Waals surface area contributed by atoms with Crippen molar-refractivity contribution in [2.24, 2.45) is 5.92 Å². The average Bonchev–Trinajstić information content (AvgIpc) is 2.25. The molecule has 2 rings (SSSR count). The Morgan fingerprint density at radius 1 is 1.50 bits per heavy atom. The lowest BCUT2D eigenvalue weighted by Crippen LogP contribution is -2.38. The number of aliphatic hydroxyl groups is 1. The van der Waals surface area contributed by atoms with Crippen LogP contribution >= 0.6 is 0 Å². The van der Waals surface area contributed by atoms with E-state index < -0.39 is 11.7 Å². The van der Waals surface area contributed by atoms with Crippen molar-refractivity contribution >= 4 is 0 Å². The normalized spacial score (nSPS) is 26.9. The van der Waals surface area contributed by atoms with Crippen molar-refractivity contribution in [2.75, 3.05) is 0 Å². The number of halogens is 1. The van der Waals surface area contributed by atoms with Gasteiger partial charge in [-0.3, -0.25) is 0 Å². The van der Waals surface area contributed by atoms with E-state index >= 15 is 0 Å². The second-order valence-corrected chi connectivity index (χ2v) is 5.89. The summed E-state index contributed by atoms with van der Waals surface area (Å²) in [6, 6.07) is 4.34. The minimum atomic E-state index is -0.563. The number of fused-ring (bicyclic) bond motifs is 1. The summed E-state index contributed by atoms with van der Waals surface area (Å²) >= 11 is 0. The van der Waals surface area contributed by atoms with Crippen LogP contribution < -0.4 is 4.74 Å². The highest BCUT2D eigenvalue weighted by atomic mass is 19.1. The third-order valence-electron chi connectivity index (χ3n) is 3.57. The largest absolute Gasteiger partial charge is 0.487 e. The minimum absolute atomic E-state index is 0.325. The van der Waals surface area contributed by atoms with E-state index in [2.05, 4.69) is 13.8 Å². The molecule has 1 aromatic rings. The number of hydrogen-bond donors (Lipinski definition) is 1. The van der Waals surface area contributed by atoms with Gasteiger partial charge in [0, 0.05) is 18.1 Å². The molecule has 1 aliphatic heterocycles. The monoisotopic (exact) mass is 252 g/mol. The van der Waals surface area contributed by atoms with Crippen molar-refractivity contribution in [1.29, 1.82) is 0 Å². The molecule has 0 saturated carbocycles. The second kappa shape index (κ2) is 4.88. The molecule has 0 bridgehead atoms. The predicted octanol–water partition coefficient (Wildman–Crippen LogP) is 3.84. The number of ether oxygens (including phenoxy) is 1. The Bertz CT molecular complexity index is 431. The third kappa shape index (κ3) is 2.83. The maximum Gasteiger partial charge on any atom is 0.128 e. The molecule has 100 valence electrons. The standard InChI is InChI=1S/C15H21FO2/c1-10(2)6-7-15(3)9-13(17)12-5-4-11(16)8-14(12)18-15/h4-5,8,10,13,17H,6-7,9H2,1-3H3/t13-,15?/m1/s1. The fourth-order valence-electron chi connectivity index (χ4n) is 2.45. The molecule has 1 aliphatic rings. The van der Waals surface area contributed by atoms with Crippen LogP contribution in [-0.4, -0.2) is 10.7 Å². The molecule has 1 N–H and O–H groups in total. The molecule has 0 fully saturated rings. The average molecular weight is 252 g/mol. The molecular formula is C15H21FO2. The Hall–Kier alpha value is -1.09. The molecule has 18 heavy (non-hydrogen) atoms. The summed E-state index contributed by atoms with van der Waals surface area (Å²) in [5.41, 5.74) is 0.295. The molecule has 0 aliphatic carbocycles. The SMILES string of the molecule is CC(C)CCC1(C)C[C@@H](O)c2ccc(F)cc2O1. The van der Waals surface area contributed by atoms with Crippen molar-refractivity contribution in [3.8, 4) is 5.75 Å². The van der Waals surface area contributed by atoms with Crippen molar-refractivity contribution in [1.82, 2.24) is 0 Å². The molecule has 2 atom stereocenters. The van der Waals surface area contributed by atoms with Crippen molar-refractivity contribution in [3.63, 3.8) is 0 Å². The fraction of sp³-hybridized carbons (Fsp3) is 0.600. The first-order valence-electron chi connectivity index (χ1n) is 6.56. The van der Waals surface area contributed by atoms with Crippen LogP contribution in [0.3, 0.4) is 0 Å². The van der Waals surface area contributed by atoms with Crippen LogP contribution in [0.2, 0.25) is 0 Å². The van der Waals surface area contributed by atoms with Crippen LogP contribution in [0.5, 0.6) is 5.75 Å². The predicted molar refractivity (Wildman–Crippen MR) is 69.1 cm³/mol. The Labute approximate surface area is 108 Å². The summed E-state index contributed by atoms with van der Waals surface area (Å²) in [5, 5.41) is 10.2. The van der Waals surface area contributed by atoms with Crippen LogP contribution in [0.25, 0.3) is 0 Å². The highest BCUT2D eigenvalue weighted by Gasteiger charge is 2.36. The molecule has 1 heterocycles. The van der Waals surface area contributed by atoms with Gasteiger partial charge in [-0.25, -0.2) is 4.39 Å². The lowest BCUT2D eigenvalue weighted by molar-refractivity contribution is -0.0103. The number of hydrogen-bond acceptors (Lipinski definition) is 2. The summed E-state index contributed by atoms with van der Waals surface area (Å²) in [7, 11) is 0. The molecule has 0 saturated heterocycles. The van der Waals surface area contributed by atoms with Gasteiger partial charge in [-0.1, -0.05) is 13.8 Å². The van der Waals surface area contributed by atoms with Gasteiger partial charge in [-0.15, -0.1) is 0 Å². The molecule has 0 radical (unpaired) electrons. The highest BCUT2D eigenvalue weighted by molar-refractivity contribution is 5.38. The quantitative estimate of drug-likeness (QED) is 0.885. The first kappa shape index (κ1) is 13.3. The highest BCUT2D eigenvalue weighted by Crippen LogP contribution is 2.42. The summed E-state index contributed by atoms with van der Waals surface area (Å²) in [6.07, 6.45) is 1.91. The molecule has 3 heteroatoms. The topological polar surface area (TPSA) is 29.5 Å². The maximum atomic E-state index is 13.2. The first-order chi connectivity index (χ1) is 8.39. The molecule has 1 unspecified atom stereocenters. The summed E-state index contributed by atoms with van der Waals surface area (Å²) in [4.78, 5) is 0. The zero-order valence-electron chi connectivity index (χ0n) is 11.2. The van der Waals surface area contributed by atoms with E-state index in [0.717, 1.165) is 12.8 Å². The number of aliphatic hydroxyl groups excluding tert-OH is 1. The summed E-state index contributed by atoms with van der Waals surface area (Å²) in [6.45, 7) is 6.32. The zero-order valence-corrected chi connectivity index (χ0v) is 11.2. The van der Waals surface area contributed by atoms with Crippen LogP contribution in [0, 0.1) is 11.7 Å². The zero-order chi connectivity index (χ0) is 13.3. The Kier molecular flexibility index (Phi) is 3.62. The van der Waals surface area contributed by atoms with Gasteiger partial charge in [0.25, 0.3) is 0 Å². The number of rotatable bonds is 3. The van der Waals surface area contributed by atoms with Gasteiger partial charge in [0.1, 0.15) is 17.2 Å². The Balaban J connectivity index is 2.20. The van der Waals surface area contributed by atoms with Crippen LogP contribution in [0.15, 0.2) is 18.2 Å². The van der Waals surface area contributed by atoms with Crippen molar-refractivity contribution < 1.29 is 14.2 Å². The van der Waals surface area contributed by atoms with Crippen molar-refractivity contribution in [3.05, 3.63) is 29.6 Å². The molecule has 2 nitrogen and oxygen atoms in total. The first-order valence-corrected chi connectivity index (χ1v) is 6.56. The Morgan fingerprint density at radius 2 is 2.22 bits per heavy atom. The summed E-state index contributed by atoms with van der Waals surface area (Å²) < 4.78 is 19.1. The van der Waals surface area contributed by atoms with E-state index in [0.29, 0.717) is 23.7 Å². The molecular weight excluding hydrogens is 231 g/mol. The van der Waals surface area contributed by atoms with E-state index in [-0.39, 0.29) is 5.82 Å². The Morgan fingerprint density at radius 3 is 2.89 bits per heavy atom. The van der Waals surface area contributed by atoms with Gasteiger partial charge < -0.3 is 9.84 Å². The molecule has 0 aromatic heterocycles. The van der Waals surface area contributed by atoms with E-state index in [4.69, 9.17) is 4.74 Å². The number of benzene rings is 1. The lowest BCUT2D eigenvalue weighted by Gasteiger charge is -2.38. The van der Waals surface area contributed by atoms with Crippen LogP contribution in [0.4, 0.5) is 4.39 Å². The van der Waals surface area contributed by atoms with Crippen LogP contribution in [0.1, 0.15) is 51.7 Å². The van der Waals surface area contributed by atoms with Gasteiger partial charge in [0.2, 0.25) is 0 Å².